The highest BCUT2D eigenvalue weighted by Crippen LogP contribution is 2.01. The van der Waals surface area contributed by atoms with Gasteiger partial charge in [0.1, 0.15) is 0 Å². The molecule has 0 fully saturated rings. The molecule has 0 saturated heterocycles. The molecule has 10 heavy (non-hydrogen) atoms. The molecule has 0 aliphatic rings. The zero-order valence-corrected chi connectivity index (χ0v) is 8.97. The lowest BCUT2D eigenvalue weighted by Gasteiger charge is -1.93. The largest absolute Gasteiger partial charge is 0.257 e. The molecular weight excluding hydrogens is 258 g/mol. The van der Waals surface area contributed by atoms with Crippen molar-refractivity contribution in [2.45, 2.75) is 12.3 Å². The Bertz CT molecular complexity index is 201. The molecular formula is C7H9Br2N. The summed E-state index contributed by atoms with van der Waals surface area (Å²) in [7, 11) is 0. The Labute approximate surface area is 79.8 Å². The smallest absolute Gasteiger partial charge is 0.0512 e. The van der Waals surface area contributed by atoms with Crippen LogP contribution in [0.4, 0.5) is 0 Å². The van der Waals surface area contributed by atoms with Crippen LogP contribution in [0.15, 0.2) is 18.2 Å². The fourth-order valence-electron chi connectivity index (χ4n) is 0.674. The summed E-state index contributed by atoms with van der Waals surface area (Å²) in [5.41, 5.74) is 2.17. The van der Waals surface area contributed by atoms with E-state index in [4.69, 9.17) is 0 Å². The standard InChI is InChI=1S/C7H8BrN.BrH/c1-6-3-2-4-7(5-8)9-6;/h2-4H,5H2,1H3;1H. The van der Waals surface area contributed by atoms with Crippen molar-refractivity contribution < 1.29 is 0 Å². The third-order valence-electron chi connectivity index (χ3n) is 1.08. The van der Waals surface area contributed by atoms with Gasteiger partial charge in [0.15, 0.2) is 0 Å². The van der Waals surface area contributed by atoms with Crippen molar-refractivity contribution in [1.29, 1.82) is 0 Å². The minimum atomic E-state index is 0. The Morgan fingerprint density at radius 2 is 2.20 bits per heavy atom. The number of aromatic nitrogens is 1. The van der Waals surface area contributed by atoms with Gasteiger partial charge in [-0.1, -0.05) is 22.0 Å². The number of pyridine rings is 1. The van der Waals surface area contributed by atoms with Crippen molar-refractivity contribution >= 4 is 32.9 Å². The van der Waals surface area contributed by atoms with Crippen LogP contribution >= 0.6 is 32.9 Å². The van der Waals surface area contributed by atoms with Gasteiger partial charge in [-0.2, -0.15) is 0 Å². The van der Waals surface area contributed by atoms with Crippen molar-refractivity contribution in [3.05, 3.63) is 29.6 Å². The third kappa shape index (κ3) is 2.80. The number of hydrogen-bond donors (Lipinski definition) is 0. The minimum absolute atomic E-state index is 0. The number of alkyl halides is 1. The van der Waals surface area contributed by atoms with Gasteiger partial charge in [-0.05, 0) is 19.1 Å². The number of aryl methyl sites for hydroxylation is 1. The van der Waals surface area contributed by atoms with Gasteiger partial charge >= 0.3 is 0 Å². The van der Waals surface area contributed by atoms with E-state index in [0.29, 0.717) is 0 Å². The maximum atomic E-state index is 4.24. The van der Waals surface area contributed by atoms with Gasteiger partial charge in [-0.15, -0.1) is 17.0 Å². The van der Waals surface area contributed by atoms with Crippen LogP contribution in [0.2, 0.25) is 0 Å². The molecule has 56 valence electrons. The molecule has 0 radical (unpaired) electrons. The average molecular weight is 267 g/mol. The highest BCUT2D eigenvalue weighted by atomic mass is 79.9. The van der Waals surface area contributed by atoms with Gasteiger partial charge in [0, 0.05) is 11.0 Å². The number of rotatable bonds is 1. The van der Waals surface area contributed by atoms with Crippen molar-refractivity contribution in [1.82, 2.24) is 4.98 Å². The van der Waals surface area contributed by atoms with Gasteiger partial charge in [0.05, 0.1) is 5.69 Å². The predicted molar refractivity (Wildman–Crippen MR) is 51.9 cm³/mol. The second kappa shape index (κ2) is 4.85. The molecule has 1 aromatic heterocycles. The topological polar surface area (TPSA) is 12.9 Å². The van der Waals surface area contributed by atoms with E-state index in [1.807, 2.05) is 25.1 Å². The summed E-state index contributed by atoms with van der Waals surface area (Å²) in [5, 5.41) is 0.842. The summed E-state index contributed by atoms with van der Waals surface area (Å²) in [5.74, 6) is 0. The Kier molecular flexibility index (Phi) is 4.91. The molecule has 0 spiro atoms. The molecule has 0 bridgehead atoms. The first-order chi connectivity index (χ1) is 4.33. The molecule has 1 aromatic rings. The van der Waals surface area contributed by atoms with Crippen molar-refractivity contribution in [2.75, 3.05) is 0 Å². The zero-order chi connectivity index (χ0) is 6.69. The van der Waals surface area contributed by atoms with Crippen LogP contribution in [0.5, 0.6) is 0 Å². The van der Waals surface area contributed by atoms with Crippen LogP contribution in [0.3, 0.4) is 0 Å². The van der Waals surface area contributed by atoms with Gasteiger partial charge in [0.2, 0.25) is 0 Å². The summed E-state index contributed by atoms with van der Waals surface area (Å²) < 4.78 is 0. The first-order valence-corrected chi connectivity index (χ1v) is 3.93. The lowest BCUT2D eigenvalue weighted by molar-refractivity contribution is 1.11. The molecule has 3 heteroatoms. The van der Waals surface area contributed by atoms with E-state index in [0.717, 1.165) is 16.7 Å². The fourth-order valence-corrected chi connectivity index (χ4v) is 0.986. The normalized spacial score (nSPS) is 8.60. The Hall–Kier alpha value is 0.110. The second-order valence-electron chi connectivity index (χ2n) is 1.90. The Morgan fingerprint density at radius 1 is 1.50 bits per heavy atom. The minimum Gasteiger partial charge on any atom is -0.257 e. The van der Waals surface area contributed by atoms with E-state index in [-0.39, 0.29) is 17.0 Å². The zero-order valence-electron chi connectivity index (χ0n) is 5.67. The average Bonchev–Trinajstić information content (AvgIpc) is 1.88. The highest BCUT2D eigenvalue weighted by molar-refractivity contribution is 9.08. The molecule has 0 amide bonds. The molecule has 0 aliphatic heterocycles. The molecule has 0 aromatic carbocycles. The molecule has 0 saturated carbocycles. The van der Waals surface area contributed by atoms with Crippen LogP contribution in [0, 0.1) is 6.92 Å². The van der Waals surface area contributed by atoms with Crippen LogP contribution in [-0.4, -0.2) is 4.98 Å². The second-order valence-corrected chi connectivity index (χ2v) is 2.46. The summed E-state index contributed by atoms with van der Waals surface area (Å²) in [6, 6.07) is 6.01. The molecule has 0 unspecified atom stereocenters. The van der Waals surface area contributed by atoms with E-state index in [1.165, 1.54) is 0 Å². The van der Waals surface area contributed by atoms with E-state index in [1.54, 1.807) is 0 Å². The Balaban J connectivity index is 0.000000810. The first-order valence-electron chi connectivity index (χ1n) is 2.81. The SMILES string of the molecule is Br.Cc1cccc(CBr)n1. The molecule has 0 N–H and O–H groups in total. The van der Waals surface area contributed by atoms with E-state index in [9.17, 15) is 0 Å². The summed E-state index contributed by atoms with van der Waals surface area (Å²) in [6.07, 6.45) is 0. The third-order valence-corrected chi connectivity index (χ3v) is 1.66. The van der Waals surface area contributed by atoms with Crippen LogP contribution in [0.1, 0.15) is 11.4 Å². The molecule has 1 heterocycles. The first kappa shape index (κ1) is 10.1. The monoisotopic (exact) mass is 265 g/mol. The summed E-state index contributed by atoms with van der Waals surface area (Å²) in [4.78, 5) is 4.24. The Morgan fingerprint density at radius 3 is 2.60 bits per heavy atom. The van der Waals surface area contributed by atoms with E-state index in [2.05, 4.69) is 20.9 Å². The van der Waals surface area contributed by atoms with E-state index >= 15 is 0 Å². The van der Waals surface area contributed by atoms with Crippen molar-refractivity contribution in [2.24, 2.45) is 0 Å². The quantitative estimate of drug-likeness (QED) is 0.713. The lowest BCUT2D eigenvalue weighted by Crippen LogP contribution is -1.85. The number of halogens is 2. The molecule has 0 atom stereocenters. The van der Waals surface area contributed by atoms with Crippen LogP contribution in [0.25, 0.3) is 0 Å². The number of hydrogen-bond acceptors (Lipinski definition) is 1. The summed E-state index contributed by atoms with van der Waals surface area (Å²) >= 11 is 3.33. The maximum absolute atomic E-state index is 4.24. The molecule has 1 nitrogen and oxygen atoms in total. The van der Waals surface area contributed by atoms with E-state index < -0.39 is 0 Å². The van der Waals surface area contributed by atoms with Gasteiger partial charge in [-0.3, -0.25) is 4.98 Å². The number of nitrogens with zero attached hydrogens (tertiary/aromatic N) is 1. The van der Waals surface area contributed by atoms with Crippen LogP contribution < -0.4 is 0 Å². The van der Waals surface area contributed by atoms with Gasteiger partial charge in [0.25, 0.3) is 0 Å². The van der Waals surface area contributed by atoms with Crippen LogP contribution in [-0.2, 0) is 5.33 Å². The fraction of sp³-hybridized carbons (Fsp3) is 0.286. The lowest BCUT2D eigenvalue weighted by atomic mass is 10.3. The van der Waals surface area contributed by atoms with Gasteiger partial charge < -0.3 is 0 Å². The maximum Gasteiger partial charge on any atom is 0.0512 e. The van der Waals surface area contributed by atoms with Crippen molar-refractivity contribution in [3.8, 4) is 0 Å². The highest BCUT2D eigenvalue weighted by Gasteiger charge is 1.88. The van der Waals surface area contributed by atoms with Crippen molar-refractivity contribution in [3.63, 3.8) is 0 Å². The predicted octanol–water partition coefficient (Wildman–Crippen LogP) is 2.86. The summed E-state index contributed by atoms with van der Waals surface area (Å²) in [6.45, 7) is 1.99. The van der Waals surface area contributed by atoms with Gasteiger partial charge in [-0.25, -0.2) is 0 Å². The molecule has 0 aliphatic carbocycles. The molecule has 1 rings (SSSR count).